The molecule has 3 aromatic rings. The molecule has 1 N–H and O–H groups in total. The molecular weight excluding hydrogens is 340 g/mol. The van der Waals surface area contributed by atoms with Gasteiger partial charge in [0.25, 0.3) is 0 Å². The first kappa shape index (κ1) is 17.0. The van der Waals surface area contributed by atoms with Gasteiger partial charge in [-0.25, -0.2) is 4.98 Å². The molecule has 3 nitrogen and oxygen atoms in total. The first-order valence-corrected chi connectivity index (χ1v) is 9.99. The lowest BCUT2D eigenvalue weighted by Crippen LogP contribution is -2.28. The van der Waals surface area contributed by atoms with E-state index in [1.54, 1.807) is 11.3 Å². The van der Waals surface area contributed by atoms with Crippen molar-refractivity contribution in [1.29, 1.82) is 0 Å². The van der Waals surface area contributed by atoms with Crippen molar-refractivity contribution in [2.45, 2.75) is 32.6 Å². The first-order chi connectivity index (χ1) is 12.7. The van der Waals surface area contributed by atoms with Gasteiger partial charge >= 0.3 is 0 Å². The second kappa shape index (κ2) is 7.42. The average molecular weight is 362 g/mol. The fraction of sp³-hybridized carbons (Fsp3) is 0.273. The van der Waals surface area contributed by atoms with Crippen molar-refractivity contribution in [3.63, 3.8) is 0 Å². The minimum absolute atomic E-state index is 0.0245. The number of thiazole rings is 1. The lowest BCUT2D eigenvalue weighted by Gasteiger charge is -2.21. The Labute approximate surface area is 158 Å². The van der Waals surface area contributed by atoms with Gasteiger partial charge in [0.2, 0.25) is 5.91 Å². The number of carbonyl (C=O) groups is 1. The highest BCUT2D eigenvalue weighted by molar-refractivity contribution is 7.15. The average Bonchev–Trinajstić information content (AvgIpc) is 3.12. The molecule has 0 aliphatic heterocycles. The second-order valence-corrected chi connectivity index (χ2v) is 7.78. The van der Waals surface area contributed by atoms with Gasteiger partial charge in [0.05, 0.1) is 5.69 Å². The molecule has 26 heavy (non-hydrogen) atoms. The summed E-state index contributed by atoms with van der Waals surface area (Å²) < 4.78 is 0. The van der Waals surface area contributed by atoms with E-state index in [2.05, 4.69) is 30.4 Å². The lowest BCUT2D eigenvalue weighted by atomic mass is 9.90. The number of para-hydroxylation sites is 1. The molecule has 0 fully saturated rings. The van der Waals surface area contributed by atoms with Gasteiger partial charge in [0, 0.05) is 22.0 Å². The molecule has 0 radical (unpaired) electrons. The number of amides is 1. The zero-order valence-electron chi connectivity index (χ0n) is 14.9. The van der Waals surface area contributed by atoms with Crippen LogP contribution in [0, 0.1) is 5.92 Å². The molecule has 1 unspecified atom stereocenters. The minimum atomic E-state index is 0.0245. The molecule has 1 amide bonds. The number of fused-ring (bicyclic) bond motifs is 1. The first-order valence-electron chi connectivity index (χ1n) is 9.17. The van der Waals surface area contributed by atoms with Crippen molar-refractivity contribution in [3.05, 3.63) is 70.7 Å². The van der Waals surface area contributed by atoms with Gasteiger partial charge in [-0.3, -0.25) is 4.79 Å². The van der Waals surface area contributed by atoms with Crippen LogP contribution in [0.3, 0.4) is 0 Å². The van der Waals surface area contributed by atoms with E-state index < -0.39 is 0 Å². The number of rotatable bonds is 4. The molecule has 0 spiro atoms. The van der Waals surface area contributed by atoms with Gasteiger partial charge in [0.1, 0.15) is 5.01 Å². The van der Waals surface area contributed by atoms with Crippen molar-refractivity contribution in [1.82, 2.24) is 4.98 Å². The second-order valence-electron chi connectivity index (χ2n) is 6.69. The number of hydrogen-bond acceptors (Lipinski definition) is 3. The Bertz CT molecular complexity index is 917. The van der Waals surface area contributed by atoms with E-state index >= 15 is 0 Å². The highest BCUT2D eigenvalue weighted by Gasteiger charge is 2.28. The summed E-state index contributed by atoms with van der Waals surface area (Å²) in [6, 6.07) is 18.3. The highest BCUT2D eigenvalue weighted by atomic mass is 32.1. The topological polar surface area (TPSA) is 42.0 Å². The van der Waals surface area contributed by atoms with Gasteiger partial charge < -0.3 is 5.32 Å². The van der Waals surface area contributed by atoms with E-state index in [1.165, 1.54) is 16.1 Å². The third-order valence-electron chi connectivity index (χ3n) is 4.99. The molecule has 0 saturated carbocycles. The Kier molecular flexibility index (Phi) is 4.85. The fourth-order valence-corrected chi connectivity index (χ4v) is 4.68. The monoisotopic (exact) mass is 362 g/mol. The summed E-state index contributed by atoms with van der Waals surface area (Å²) in [6.07, 6.45) is 3.46. The van der Waals surface area contributed by atoms with Crippen LogP contribution in [0.15, 0.2) is 54.6 Å². The Morgan fingerprint density at radius 3 is 2.73 bits per heavy atom. The zero-order chi connectivity index (χ0) is 17.9. The number of benzene rings is 2. The Balaban J connectivity index is 1.50. The normalized spacial score (nSPS) is 16.1. The quantitative estimate of drug-likeness (QED) is 0.700. The number of nitrogens with zero attached hydrogens (tertiary/aromatic N) is 1. The van der Waals surface area contributed by atoms with Gasteiger partial charge in [-0.2, -0.15) is 0 Å². The summed E-state index contributed by atoms with van der Waals surface area (Å²) in [5.74, 6) is 0.155. The molecule has 1 atom stereocenters. The summed E-state index contributed by atoms with van der Waals surface area (Å²) in [5, 5.41) is 4.21. The summed E-state index contributed by atoms with van der Waals surface area (Å²) in [4.78, 5) is 18.9. The van der Waals surface area contributed by atoms with Crippen LogP contribution in [0.4, 0.5) is 5.69 Å². The molecule has 1 heterocycles. The highest BCUT2D eigenvalue weighted by Crippen LogP contribution is 2.35. The van der Waals surface area contributed by atoms with Crippen molar-refractivity contribution < 1.29 is 4.79 Å². The SMILES string of the molecule is CCc1ccccc1NC(=O)C1CCc2nc(-c3ccccc3)sc2C1. The standard InChI is InChI=1S/C22H22N2OS/c1-2-15-8-6-7-11-18(15)23-21(25)17-12-13-19-20(14-17)26-22(24-19)16-9-4-3-5-10-16/h3-11,17H,2,12-14H2,1H3,(H,23,25). The van der Waals surface area contributed by atoms with Crippen LogP contribution in [0.25, 0.3) is 10.6 Å². The molecule has 0 saturated heterocycles. The fourth-order valence-electron chi connectivity index (χ4n) is 3.49. The Morgan fingerprint density at radius 2 is 1.92 bits per heavy atom. The van der Waals surface area contributed by atoms with E-state index in [4.69, 9.17) is 4.98 Å². The number of hydrogen-bond donors (Lipinski definition) is 1. The maximum Gasteiger partial charge on any atom is 0.227 e. The molecular formula is C22H22N2OS. The van der Waals surface area contributed by atoms with Crippen LogP contribution in [0.5, 0.6) is 0 Å². The molecule has 4 heteroatoms. The van der Waals surface area contributed by atoms with Crippen LogP contribution >= 0.6 is 11.3 Å². The molecule has 0 bridgehead atoms. The Hall–Kier alpha value is -2.46. The number of carbonyl (C=O) groups excluding carboxylic acids is 1. The van der Waals surface area contributed by atoms with E-state index in [0.29, 0.717) is 0 Å². The molecule has 1 aliphatic carbocycles. The van der Waals surface area contributed by atoms with E-state index in [1.807, 2.05) is 36.4 Å². The van der Waals surface area contributed by atoms with Crippen molar-refractivity contribution in [3.8, 4) is 10.6 Å². The third kappa shape index (κ3) is 3.42. The number of aryl methyl sites for hydroxylation is 2. The molecule has 4 rings (SSSR count). The van der Waals surface area contributed by atoms with Crippen molar-refractivity contribution >= 4 is 22.9 Å². The predicted molar refractivity (Wildman–Crippen MR) is 108 cm³/mol. The largest absolute Gasteiger partial charge is 0.326 e. The summed E-state index contributed by atoms with van der Waals surface area (Å²) in [6.45, 7) is 2.11. The number of nitrogens with one attached hydrogen (secondary N) is 1. The lowest BCUT2D eigenvalue weighted by molar-refractivity contribution is -0.120. The summed E-state index contributed by atoms with van der Waals surface area (Å²) >= 11 is 1.73. The van der Waals surface area contributed by atoms with Crippen LogP contribution in [0.1, 0.15) is 29.5 Å². The van der Waals surface area contributed by atoms with Crippen molar-refractivity contribution in [2.24, 2.45) is 5.92 Å². The molecule has 132 valence electrons. The maximum absolute atomic E-state index is 12.8. The number of anilines is 1. The summed E-state index contributed by atoms with van der Waals surface area (Å²) in [7, 11) is 0. The van der Waals surface area contributed by atoms with Gasteiger partial charge in [0.15, 0.2) is 0 Å². The van der Waals surface area contributed by atoms with Crippen LogP contribution in [-0.4, -0.2) is 10.9 Å². The van der Waals surface area contributed by atoms with Crippen LogP contribution in [0.2, 0.25) is 0 Å². The molecule has 1 aliphatic rings. The van der Waals surface area contributed by atoms with Gasteiger partial charge in [-0.1, -0.05) is 55.5 Å². The Morgan fingerprint density at radius 1 is 1.15 bits per heavy atom. The van der Waals surface area contributed by atoms with Crippen LogP contribution in [-0.2, 0) is 24.1 Å². The molecule has 1 aromatic heterocycles. The maximum atomic E-state index is 12.8. The van der Waals surface area contributed by atoms with Crippen LogP contribution < -0.4 is 5.32 Å². The smallest absolute Gasteiger partial charge is 0.227 e. The zero-order valence-corrected chi connectivity index (χ0v) is 15.7. The predicted octanol–water partition coefficient (Wildman–Crippen LogP) is 5.12. The summed E-state index contributed by atoms with van der Waals surface area (Å²) in [5.41, 5.74) is 4.46. The van der Waals surface area contributed by atoms with E-state index in [-0.39, 0.29) is 11.8 Å². The minimum Gasteiger partial charge on any atom is -0.326 e. The number of aromatic nitrogens is 1. The third-order valence-corrected chi connectivity index (χ3v) is 6.16. The van der Waals surface area contributed by atoms with Crippen molar-refractivity contribution in [2.75, 3.05) is 5.32 Å². The van der Waals surface area contributed by atoms with Gasteiger partial charge in [-0.05, 0) is 37.3 Å². The van der Waals surface area contributed by atoms with E-state index in [0.717, 1.165) is 41.9 Å². The molecule has 2 aromatic carbocycles. The van der Waals surface area contributed by atoms with E-state index in [9.17, 15) is 4.79 Å². The van der Waals surface area contributed by atoms with Gasteiger partial charge in [-0.15, -0.1) is 11.3 Å².